The Balaban J connectivity index is -0.000000591. The number of para-hydroxylation sites is 2. The molecule has 0 bridgehead atoms. The number of benzene rings is 2. The number of carbonyl (C=O) groups excluding carboxylic acids is 1. The van der Waals surface area contributed by atoms with Crippen LogP contribution in [0, 0.1) is 13.8 Å². The first kappa shape index (κ1) is 45.6. The molecule has 0 saturated carbocycles. The van der Waals surface area contributed by atoms with Crippen LogP contribution in [0.3, 0.4) is 0 Å². The van der Waals surface area contributed by atoms with E-state index in [4.69, 9.17) is 50.5 Å². The van der Waals surface area contributed by atoms with Crippen LogP contribution in [-0.4, -0.2) is 62.0 Å². The average molecular weight is 721 g/mol. The minimum absolute atomic E-state index is 0. The number of halogens is 1. The van der Waals surface area contributed by atoms with Gasteiger partial charge in [-0.3, -0.25) is 4.79 Å². The number of aromatic nitrogens is 2. The average Bonchev–Trinajstić information content (AvgIpc) is 3.02. The molecule has 2 heterocycles. The fourth-order valence-electron chi connectivity index (χ4n) is 3.58. The molecule has 13 nitrogen and oxygen atoms in total. The summed E-state index contributed by atoms with van der Waals surface area (Å²) in [6, 6.07) is 18.2. The quantitative estimate of drug-likeness (QED) is 0.0630. The molecule has 0 spiro atoms. The van der Waals surface area contributed by atoms with Crippen molar-refractivity contribution in [1.82, 2.24) is 9.97 Å². The van der Waals surface area contributed by atoms with Crippen LogP contribution in [0.25, 0.3) is 11.1 Å². The molecule has 4 aromatic rings. The molecule has 2 aromatic heterocycles. The summed E-state index contributed by atoms with van der Waals surface area (Å²) in [5, 5.41) is 26.4. The van der Waals surface area contributed by atoms with Crippen LogP contribution in [-0.2, 0) is 9.68 Å². The maximum absolute atomic E-state index is 8.98. The molecule has 238 valence electrons. The number of rotatable bonds is 7. The number of aryl methyl sites for hydroxylation is 2. The van der Waals surface area contributed by atoms with Gasteiger partial charge in [0.05, 0.1) is 32.9 Å². The van der Waals surface area contributed by atoms with E-state index in [1.165, 1.54) is 14.2 Å². The Kier molecular flexibility index (Phi) is 24.3. The second kappa shape index (κ2) is 24.6. The molecule has 0 aliphatic rings. The van der Waals surface area contributed by atoms with E-state index in [0.717, 1.165) is 27.0 Å². The van der Waals surface area contributed by atoms with Crippen molar-refractivity contribution >= 4 is 46.6 Å². The van der Waals surface area contributed by atoms with Crippen molar-refractivity contribution in [2.24, 2.45) is 0 Å². The summed E-state index contributed by atoms with van der Waals surface area (Å²) in [6.07, 6.45) is 0. The zero-order valence-electron chi connectivity index (χ0n) is 28.1. The molecule has 2 aromatic carbocycles. The molecule has 0 atom stereocenters. The molecule has 4 rings (SSSR count). The van der Waals surface area contributed by atoms with E-state index >= 15 is 0 Å². The van der Waals surface area contributed by atoms with E-state index in [1.807, 2.05) is 56.3 Å². The molecule has 0 saturated heterocycles. The van der Waals surface area contributed by atoms with Gasteiger partial charge in [0.15, 0.2) is 23.0 Å². The van der Waals surface area contributed by atoms with Crippen LogP contribution in [0.1, 0.15) is 12.8 Å². The molecule has 0 aliphatic carbocycles. The minimum Gasteiger partial charge on any atom is -1.00 e. The van der Waals surface area contributed by atoms with E-state index in [2.05, 4.69) is 30.8 Å². The normalized spacial score (nSPS) is 9.00. The SMILES string of the molecule is COc1cccc(-c2ccc(C)nc2N)c1OC.COc1cccc(B(O)O)c1OC.Cc1ccc(Br)c(N)n1.O=CO[O-].[H-].[Na+].[Na+]. The van der Waals surface area contributed by atoms with Crippen molar-refractivity contribution in [3.05, 3.63) is 76.5 Å². The number of carbonyl (C=O) groups is 1. The van der Waals surface area contributed by atoms with Crippen LogP contribution in [0.15, 0.2) is 65.1 Å². The Morgan fingerprint density at radius 2 is 1.24 bits per heavy atom. The molecular formula is C29H36BBrN4Na2O9. The van der Waals surface area contributed by atoms with Crippen molar-refractivity contribution in [1.29, 1.82) is 0 Å². The summed E-state index contributed by atoms with van der Waals surface area (Å²) in [5.74, 6) is 3.21. The van der Waals surface area contributed by atoms with Crippen molar-refractivity contribution in [3.63, 3.8) is 0 Å². The van der Waals surface area contributed by atoms with E-state index in [9.17, 15) is 0 Å². The van der Waals surface area contributed by atoms with Crippen LogP contribution in [0.4, 0.5) is 11.6 Å². The van der Waals surface area contributed by atoms with Gasteiger partial charge in [0, 0.05) is 28.0 Å². The maximum atomic E-state index is 8.98. The van der Waals surface area contributed by atoms with E-state index in [0.29, 0.717) is 40.1 Å². The number of pyridine rings is 2. The molecule has 0 radical (unpaired) electrons. The Morgan fingerprint density at radius 3 is 1.65 bits per heavy atom. The zero-order valence-corrected chi connectivity index (χ0v) is 32.7. The van der Waals surface area contributed by atoms with Gasteiger partial charge >= 0.3 is 66.2 Å². The first-order valence-electron chi connectivity index (χ1n) is 12.6. The number of nitrogens with zero attached hydrogens (tertiary/aromatic N) is 2. The minimum atomic E-state index is -1.55. The monoisotopic (exact) mass is 720 g/mol. The van der Waals surface area contributed by atoms with Gasteiger partial charge in [-0.15, -0.1) is 0 Å². The summed E-state index contributed by atoms with van der Waals surface area (Å²) in [7, 11) is 4.61. The predicted octanol–water partition coefficient (Wildman–Crippen LogP) is -3.67. The number of methoxy groups -OCH3 is 4. The maximum Gasteiger partial charge on any atom is 1.00 e. The fourth-order valence-corrected chi connectivity index (χ4v) is 3.80. The Bertz CT molecular complexity index is 1500. The number of ether oxygens (including phenoxy) is 4. The first-order chi connectivity index (χ1) is 21.0. The van der Waals surface area contributed by atoms with E-state index in [-0.39, 0.29) is 67.0 Å². The van der Waals surface area contributed by atoms with Crippen LogP contribution in [0.2, 0.25) is 0 Å². The third kappa shape index (κ3) is 14.5. The van der Waals surface area contributed by atoms with Crippen molar-refractivity contribution in [2.75, 3.05) is 39.9 Å². The van der Waals surface area contributed by atoms with E-state index in [1.54, 1.807) is 32.4 Å². The third-order valence-electron chi connectivity index (χ3n) is 5.52. The predicted molar refractivity (Wildman–Crippen MR) is 171 cm³/mol. The molecule has 0 unspecified atom stereocenters. The van der Waals surface area contributed by atoms with Gasteiger partial charge in [-0.25, -0.2) is 9.97 Å². The molecule has 17 heteroatoms. The van der Waals surface area contributed by atoms with Gasteiger partial charge in [-0.2, -0.15) is 0 Å². The van der Waals surface area contributed by atoms with Crippen LogP contribution in [0.5, 0.6) is 23.0 Å². The van der Waals surface area contributed by atoms with Gasteiger partial charge in [-0.1, -0.05) is 24.3 Å². The number of hydrogen-bond acceptors (Lipinski definition) is 13. The standard InChI is InChI=1S/C14H16N2O2.C8H11BO4.C6H7BrN2.CH2O3.2Na.H/c1-9-7-8-11(14(15)16-9)10-5-4-6-12(17-2)13(10)18-3;1-12-7-5-3-4-6(9(10)11)8(7)13-2;1-4-2-3-5(7)6(8)9-4;2-1-4-3;;;/h4-8H,1-3H3,(H2,15,16);3-5,10-11H,1-2H3;2-3H,1H3,(H2,8,9);1,3H;;;/q;;;;2*+1;-1/p-1. The summed E-state index contributed by atoms with van der Waals surface area (Å²) >= 11 is 3.24. The summed E-state index contributed by atoms with van der Waals surface area (Å²) in [6.45, 7) is 3.63. The topological polar surface area (TPSA) is 205 Å². The molecular weight excluding hydrogens is 685 g/mol. The van der Waals surface area contributed by atoms with Gasteiger partial charge in [0.1, 0.15) is 11.6 Å². The molecule has 46 heavy (non-hydrogen) atoms. The molecule has 0 fully saturated rings. The summed E-state index contributed by atoms with van der Waals surface area (Å²) in [4.78, 5) is 19.5. The third-order valence-corrected chi connectivity index (χ3v) is 6.19. The number of hydrogen-bond donors (Lipinski definition) is 4. The Labute approximate surface area is 322 Å². The van der Waals surface area contributed by atoms with Gasteiger partial charge in [-0.05, 0) is 66.2 Å². The van der Waals surface area contributed by atoms with Gasteiger partial charge < -0.3 is 52.0 Å². The summed E-state index contributed by atoms with van der Waals surface area (Å²) in [5.41, 5.74) is 15.3. The smallest absolute Gasteiger partial charge is 1.00 e. The largest absolute Gasteiger partial charge is 1.00 e. The number of anilines is 2. The molecule has 6 N–H and O–H groups in total. The van der Waals surface area contributed by atoms with Gasteiger partial charge in [0.25, 0.3) is 6.47 Å². The molecule has 0 aliphatic heterocycles. The number of nitrogen functional groups attached to an aromatic ring is 2. The van der Waals surface area contributed by atoms with Crippen molar-refractivity contribution in [3.8, 4) is 34.1 Å². The summed E-state index contributed by atoms with van der Waals surface area (Å²) < 4.78 is 21.5. The Morgan fingerprint density at radius 1 is 0.761 bits per heavy atom. The van der Waals surface area contributed by atoms with E-state index < -0.39 is 7.12 Å². The fraction of sp³-hybridized carbons (Fsp3) is 0.207. The zero-order chi connectivity index (χ0) is 33.2. The Hall–Kier alpha value is -2.57. The van der Waals surface area contributed by atoms with Gasteiger partial charge in [0.2, 0.25) is 0 Å². The number of nitrogens with two attached hydrogens (primary N) is 2. The second-order valence-corrected chi connectivity index (χ2v) is 9.25. The van der Waals surface area contributed by atoms with Crippen LogP contribution >= 0.6 is 15.9 Å². The van der Waals surface area contributed by atoms with Crippen LogP contribution < -0.4 is 100 Å². The molecule has 0 amide bonds. The van der Waals surface area contributed by atoms with Crippen molar-refractivity contribution < 1.29 is 104 Å². The first-order valence-corrected chi connectivity index (χ1v) is 13.4. The second-order valence-electron chi connectivity index (χ2n) is 8.40. The van der Waals surface area contributed by atoms with Crippen molar-refractivity contribution in [2.45, 2.75) is 13.8 Å².